The molecule has 0 aromatic carbocycles. The summed E-state index contributed by atoms with van der Waals surface area (Å²) < 4.78 is 5.22. The van der Waals surface area contributed by atoms with Crippen LogP contribution in [0.15, 0.2) is 0 Å². The van der Waals surface area contributed by atoms with Gasteiger partial charge in [0.1, 0.15) is 17.8 Å². The van der Waals surface area contributed by atoms with E-state index in [4.69, 9.17) is 4.74 Å². The van der Waals surface area contributed by atoms with Crippen LogP contribution in [0.2, 0.25) is 0 Å². The molecule has 0 aromatic rings. The molecule has 1 atom stereocenters. The smallest absolute Gasteiger partial charge is 0.313 e. The quantitative estimate of drug-likeness (QED) is 0.414. The molecule has 0 saturated carbocycles. The van der Waals surface area contributed by atoms with Crippen LogP contribution in [0.25, 0.3) is 0 Å². The zero-order chi connectivity index (χ0) is 8.60. The Labute approximate surface area is 74.8 Å². The molecule has 0 bridgehead atoms. The third-order valence-corrected chi connectivity index (χ3v) is 3.48. The number of hydrogen-bond acceptors (Lipinski definition) is 4. The first-order valence-electron chi connectivity index (χ1n) is 4.02. The molecule has 12 heavy (non-hydrogen) atoms. The Morgan fingerprint density at radius 1 is 1.42 bits per heavy atom. The van der Waals surface area contributed by atoms with Crippen LogP contribution < -0.4 is 0 Å². The summed E-state index contributed by atoms with van der Waals surface area (Å²) in [6.45, 7) is 0. The van der Waals surface area contributed by atoms with Crippen molar-refractivity contribution >= 4 is 23.5 Å². The first kappa shape index (κ1) is 8.10. The number of ketones is 1. The van der Waals surface area contributed by atoms with Gasteiger partial charge in [0.05, 0.1) is 0 Å². The van der Waals surface area contributed by atoms with Crippen molar-refractivity contribution in [2.75, 3.05) is 11.5 Å². The maximum Gasteiger partial charge on any atom is 0.313 e. The van der Waals surface area contributed by atoms with E-state index in [1.54, 1.807) is 11.8 Å². The highest BCUT2D eigenvalue weighted by Crippen LogP contribution is 2.37. The third-order valence-electron chi connectivity index (χ3n) is 2.26. The minimum absolute atomic E-state index is 0.0214. The number of esters is 1. The minimum atomic E-state index is -0.420. The van der Waals surface area contributed by atoms with Crippen molar-refractivity contribution < 1.29 is 14.3 Å². The number of carbonyl (C=O) groups excluding carboxylic acids is 2. The Hall–Kier alpha value is -0.510. The van der Waals surface area contributed by atoms with Gasteiger partial charge in [0.25, 0.3) is 0 Å². The third kappa shape index (κ3) is 1.35. The fraction of sp³-hybridized carbons (Fsp3) is 0.750. The van der Waals surface area contributed by atoms with Gasteiger partial charge in [0, 0.05) is 12.2 Å². The SMILES string of the molecule is O=C1CC(=O)OC2(CCSC2)C1. The lowest BCUT2D eigenvalue weighted by Crippen LogP contribution is -2.42. The fourth-order valence-electron chi connectivity index (χ4n) is 1.70. The van der Waals surface area contributed by atoms with Gasteiger partial charge in [0.2, 0.25) is 0 Å². The standard InChI is InChI=1S/C8H10O3S/c9-6-3-7(10)11-8(4-6)1-2-12-5-8/h1-5H2. The predicted octanol–water partition coefficient (Wildman–Crippen LogP) is 0.768. The summed E-state index contributed by atoms with van der Waals surface area (Å²) in [5.74, 6) is 1.49. The summed E-state index contributed by atoms with van der Waals surface area (Å²) in [5, 5.41) is 0. The summed E-state index contributed by atoms with van der Waals surface area (Å²) >= 11 is 1.75. The largest absolute Gasteiger partial charge is 0.457 e. The maximum atomic E-state index is 11.1. The summed E-state index contributed by atoms with van der Waals surface area (Å²) in [6.07, 6.45) is 1.26. The van der Waals surface area contributed by atoms with Crippen LogP contribution in [0.3, 0.4) is 0 Å². The van der Waals surface area contributed by atoms with Crippen LogP contribution in [0.5, 0.6) is 0 Å². The highest BCUT2D eigenvalue weighted by atomic mass is 32.2. The summed E-state index contributed by atoms with van der Waals surface area (Å²) in [7, 11) is 0. The molecule has 2 aliphatic heterocycles. The van der Waals surface area contributed by atoms with Crippen molar-refractivity contribution in [1.29, 1.82) is 0 Å². The predicted molar refractivity (Wildman–Crippen MR) is 45.0 cm³/mol. The Morgan fingerprint density at radius 2 is 2.25 bits per heavy atom. The molecule has 0 aliphatic carbocycles. The molecule has 2 heterocycles. The van der Waals surface area contributed by atoms with Crippen LogP contribution >= 0.6 is 11.8 Å². The Kier molecular flexibility index (Phi) is 1.87. The van der Waals surface area contributed by atoms with Gasteiger partial charge in [0.15, 0.2) is 0 Å². The van der Waals surface area contributed by atoms with Crippen LogP contribution in [0.4, 0.5) is 0 Å². The number of rotatable bonds is 0. The highest BCUT2D eigenvalue weighted by Gasteiger charge is 2.43. The second kappa shape index (κ2) is 2.76. The Bertz CT molecular complexity index is 212. The van der Waals surface area contributed by atoms with Crippen molar-refractivity contribution in [1.82, 2.24) is 0 Å². The second-order valence-corrected chi connectivity index (χ2v) is 4.46. The number of Topliss-reactive ketones (excluding diaryl/α,β-unsaturated/α-hetero) is 1. The molecule has 0 radical (unpaired) electrons. The van der Waals surface area contributed by atoms with Gasteiger partial charge in [-0.05, 0) is 12.2 Å². The van der Waals surface area contributed by atoms with E-state index in [0.717, 1.165) is 17.9 Å². The van der Waals surface area contributed by atoms with Gasteiger partial charge in [-0.2, -0.15) is 11.8 Å². The molecule has 1 spiro atoms. The van der Waals surface area contributed by atoms with E-state index in [2.05, 4.69) is 0 Å². The highest BCUT2D eigenvalue weighted by molar-refractivity contribution is 7.99. The zero-order valence-electron chi connectivity index (χ0n) is 6.67. The molecule has 4 heteroatoms. The number of ether oxygens (including phenoxy) is 1. The summed E-state index contributed by atoms with van der Waals surface area (Å²) in [6, 6.07) is 0. The summed E-state index contributed by atoms with van der Waals surface area (Å²) in [5.41, 5.74) is -0.420. The van der Waals surface area contributed by atoms with Crippen molar-refractivity contribution in [2.45, 2.75) is 24.9 Å². The molecule has 2 saturated heterocycles. The van der Waals surface area contributed by atoms with Crippen molar-refractivity contribution in [3.05, 3.63) is 0 Å². The number of thioether (sulfide) groups is 1. The molecular weight excluding hydrogens is 176 g/mol. The zero-order valence-corrected chi connectivity index (χ0v) is 7.49. The van der Waals surface area contributed by atoms with Gasteiger partial charge >= 0.3 is 5.97 Å². The fourth-order valence-corrected chi connectivity index (χ4v) is 3.04. The van der Waals surface area contributed by atoms with Crippen molar-refractivity contribution in [3.8, 4) is 0 Å². The average Bonchev–Trinajstić information content (AvgIpc) is 2.33. The van der Waals surface area contributed by atoms with Crippen LogP contribution in [-0.4, -0.2) is 28.9 Å². The normalized spacial score (nSPS) is 35.7. The first-order valence-corrected chi connectivity index (χ1v) is 5.17. The van der Waals surface area contributed by atoms with Crippen molar-refractivity contribution in [3.63, 3.8) is 0 Å². The van der Waals surface area contributed by atoms with Gasteiger partial charge < -0.3 is 4.74 Å². The molecule has 0 amide bonds. The van der Waals surface area contributed by atoms with E-state index >= 15 is 0 Å². The monoisotopic (exact) mass is 186 g/mol. The molecule has 2 aliphatic rings. The number of hydrogen-bond donors (Lipinski definition) is 0. The first-order chi connectivity index (χ1) is 5.70. The summed E-state index contributed by atoms with van der Waals surface area (Å²) in [4.78, 5) is 22.1. The van der Waals surface area contributed by atoms with Gasteiger partial charge in [-0.3, -0.25) is 9.59 Å². The van der Waals surface area contributed by atoms with Crippen LogP contribution in [0.1, 0.15) is 19.3 Å². The molecule has 2 fully saturated rings. The number of carbonyl (C=O) groups is 2. The van der Waals surface area contributed by atoms with E-state index < -0.39 is 5.60 Å². The average molecular weight is 186 g/mol. The van der Waals surface area contributed by atoms with E-state index in [1.165, 1.54) is 0 Å². The van der Waals surface area contributed by atoms with E-state index in [0.29, 0.717) is 6.42 Å². The lowest BCUT2D eigenvalue weighted by molar-refractivity contribution is -0.167. The lowest BCUT2D eigenvalue weighted by atomic mass is 9.92. The molecule has 0 aromatic heterocycles. The topological polar surface area (TPSA) is 43.4 Å². The molecular formula is C8H10O3S. The second-order valence-electron chi connectivity index (χ2n) is 3.35. The molecule has 66 valence electrons. The Balaban J connectivity index is 2.14. The van der Waals surface area contributed by atoms with E-state index in [-0.39, 0.29) is 18.2 Å². The minimum Gasteiger partial charge on any atom is -0.457 e. The molecule has 0 N–H and O–H groups in total. The van der Waals surface area contributed by atoms with Crippen LogP contribution in [0, 0.1) is 0 Å². The van der Waals surface area contributed by atoms with E-state index in [9.17, 15) is 9.59 Å². The van der Waals surface area contributed by atoms with Crippen molar-refractivity contribution in [2.24, 2.45) is 0 Å². The maximum absolute atomic E-state index is 11.1. The molecule has 2 rings (SSSR count). The lowest BCUT2D eigenvalue weighted by Gasteiger charge is -2.31. The van der Waals surface area contributed by atoms with Gasteiger partial charge in [-0.15, -0.1) is 0 Å². The Morgan fingerprint density at radius 3 is 2.83 bits per heavy atom. The molecule has 1 unspecified atom stereocenters. The molecule has 3 nitrogen and oxygen atoms in total. The van der Waals surface area contributed by atoms with Gasteiger partial charge in [-0.25, -0.2) is 0 Å². The van der Waals surface area contributed by atoms with Gasteiger partial charge in [-0.1, -0.05) is 0 Å². The van der Waals surface area contributed by atoms with E-state index in [1.807, 2.05) is 0 Å². The van der Waals surface area contributed by atoms with Crippen LogP contribution in [-0.2, 0) is 14.3 Å².